The summed E-state index contributed by atoms with van der Waals surface area (Å²) in [5, 5.41) is 12.1. The first-order valence-corrected chi connectivity index (χ1v) is 8.35. The van der Waals surface area contributed by atoms with Gasteiger partial charge in [-0.1, -0.05) is 36.4 Å². The van der Waals surface area contributed by atoms with Crippen molar-refractivity contribution in [3.63, 3.8) is 0 Å². The molecule has 0 aliphatic rings. The largest absolute Gasteiger partial charge is 0.481 e. The maximum atomic E-state index is 12.4. The number of aliphatic carboxylic acids is 1. The predicted molar refractivity (Wildman–Crippen MR) is 98.2 cm³/mol. The number of hydrogen-bond donors (Lipinski definition) is 2. The van der Waals surface area contributed by atoms with Crippen LogP contribution in [0, 0.1) is 0 Å². The number of carboxylic acid groups (broad SMARTS) is 1. The molecule has 0 saturated carbocycles. The molecule has 1 unspecified atom stereocenters. The Balaban J connectivity index is 2.10. The van der Waals surface area contributed by atoms with Gasteiger partial charge in [-0.05, 0) is 30.7 Å². The van der Waals surface area contributed by atoms with Crippen molar-refractivity contribution in [2.45, 2.75) is 12.8 Å². The molecular formula is C20H22N2O4. The Hall–Kier alpha value is -3.15. The van der Waals surface area contributed by atoms with Gasteiger partial charge in [0.15, 0.2) is 0 Å². The third-order valence-corrected chi connectivity index (χ3v) is 4.16. The predicted octanol–water partition coefficient (Wildman–Crippen LogP) is 2.38. The van der Waals surface area contributed by atoms with E-state index in [1.165, 1.54) is 6.07 Å². The molecule has 6 nitrogen and oxygen atoms in total. The number of carbonyl (C=O) groups is 3. The molecule has 0 aliphatic heterocycles. The van der Waals surface area contributed by atoms with E-state index in [0.29, 0.717) is 23.2 Å². The molecule has 2 aromatic carbocycles. The lowest BCUT2D eigenvalue weighted by atomic mass is 9.99. The number of carboxylic acids is 1. The maximum absolute atomic E-state index is 12.4. The van der Waals surface area contributed by atoms with Gasteiger partial charge in [0.05, 0.1) is 5.92 Å². The van der Waals surface area contributed by atoms with Crippen LogP contribution in [0.15, 0.2) is 54.6 Å². The highest BCUT2D eigenvalue weighted by atomic mass is 16.4. The summed E-state index contributed by atoms with van der Waals surface area (Å²) in [5.41, 5.74) is 1.35. The first-order chi connectivity index (χ1) is 12.4. The average molecular weight is 354 g/mol. The molecule has 1 atom stereocenters. The lowest BCUT2D eigenvalue weighted by Crippen LogP contribution is -2.32. The van der Waals surface area contributed by atoms with Gasteiger partial charge in [0.2, 0.25) is 0 Å². The molecule has 6 heteroatoms. The van der Waals surface area contributed by atoms with Crippen LogP contribution in [0.2, 0.25) is 0 Å². The molecule has 2 aromatic rings. The molecular weight excluding hydrogens is 332 g/mol. The van der Waals surface area contributed by atoms with E-state index in [-0.39, 0.29) is 12.5 Å². The fraction of sp³-hybridized carbons (Fsp3) is 0.250. The quantitative estimate of drug-likeness (QED) is 0.799. The van der Waals surface area contributed by atoms with E-state index in [0.717, 1.165) is 0 Å². The zero-order valence-electron chi connectivity index (χ0n) is 14.8. The van der Waals surface area contributed by atoms with Crippen LogP contribution in [0.3, 0.4) is 0 Å². The lowest BCUT2D eigenvalue weighted by Gasteiger charge is -2.16. The van der Waals surface area contributed by atoms with Crippen molar-refractivity contribution in [2.24, 2.45) is 0 Å². The highest BCUT2D eigenvalue weighted by Crippen LogP contribution is 2.15. The number of amides is 2. The number of benzene rings is 2. The van der Waals surface area contributed by atoms with E-state index in [2.05, 4.69) is 5.32 Å². The van der Waals surface area contributed by atoms with Crippen LogP contribution in [0.25, 0.3) is 0 Å². The van der Waals surface area contributed by atoms with Crippen molar-refractivity contribution >= 4 is 17.8 Å². The summed E-state index contributed by atoms with van der Waals surface area (Å²) in [5.74, 6) is -2.43. The summed E-state index contributed by atoms with van der Waals surface area (Å²) in [6.07, 6.45) is 0. The van der Waals surface area contributed by atoms with E-state index >= 15 is 0 Å². The summed E-state index contributed by atoms with van der Waals surface area (Å²) in [6.45, 7) is 2.39. The molecule has 0 radical (unpaired) electrons. The van der Waals surface area contributed by atoms with Crippen LogP contribution in [0.1, 0.15) is 39.1 Å². The number of nitrogens with zero attached hydrogens (tertiary/aromatic N) is 1. The normalized spacial score (nSPS) is 11.5. The molecule has 2 rings (SSSR count). The Labute approximate surface area is 152 Å². The topological polar surface area (TPSA) is 86.7 Å². The second-order valence-corrected chi connectivity index (χ2v) is 5.91. The first kappa shape index (κ1) is 19.2. The van der Waals surface area contributed by atoms with Gasteiger partial charge < -0.3 is 15.3 Å². The number of nitrogens with one attached hydrogen (secondary N) is 1. The van der Waals surface area contributed by atoms with Crippen molar-refractivity contribution < 1.29 is 19.5 Å². The smallest absolute Gasteiger partial charge is 0.312 e. The highest BCUT2D eigenvalue weighted by Gasteiger charge is 2.21. The van der Waals surface area contributed by atoms with Gasteiger partial charge in [-0.25, -0.2) is 0 Å². The monoisotopic (exact) mass is 354 g/mol. The summed E-state index contributed by atoms with van der Waals surface area (Å²) in [4.78, 5) is 37.6. The van der Waals surface area contributed by atoms with Crippen molar-refractivity contribution in [1.29, 1.82) is 0 Å². The SMILES string of the molecule is CCN(C)C(=O)c1cccc(C(=O)NCC(C(=O)O)c2ccccc2)c1. The van der Waals surface area contributed by atoms with E-state index < -0.39 is 17.8 Å². The molecule has 0 spiro atoms. The Morgan fingerprint density at radius 2 is 1.69 bits per heavy atom. The lowest BCUT2D eigenvalue weighted by molar-refractivity contribution is -0.138. The summed E-state index contributed by atoms with van der Waals surface area (Å²) in [7, 11) is 1.69. The van der Waals surface area contributed by atoms with E-state index in [1.54, 1.807) is 60.5 Å². The Bertz CT molecular complexity index is 789. The highest BCUT2D eigenvalue weighted by molar-refractivity contribution is 5.99. The van der Waals surface area contributed by atoms with Crippen molar-refractivity contribution in [3.8, 4) is 0 Å². The van der Waals surface area contributed by atoms with Crippen LogP contribution in [0.4, 0.5) is 0 Å². The molecule has 0 bridgehead atoms. The third kappa shape index (κ3) is 4.69. The van der Waals surface area contributed by atoms with Gasteiger partial charge in [-0.15, -0.1) is 0 Å². The van der Waals surface area contributed by atoms with E-state index in [4.69, 9.17) is 0 Å². The molecule has 0 aromatic heterocycles. The number of rotatable bonds is 7. The van der Waals surface area contributed by atoms with Gasteiger partial charge in [0, 0.05) is 31.3 Å². The summed E-state index contributed by atoms with van der Waals surface area (Å²) < 4.78 is 0. The van der Waals surface area contributed by atoms with Crippen LogP contribution >= 0.6 is 0 Å². The zero-order valence-corrected chi connectivity index (χ0v) is 14.8. The third-order valence-electron chi connectivity index (χ3n) is 4.16. The zero-order chi connectivity index (χ0) is 19.1. The molecule has 0 fully saturated rings. The minimum absolute atomic E-state index is 0.0365. The van der Waals surface area contributed by atoms with Gasteiger partial charge >= 0.3 is 5.97 Å². The summed E-state index contributed by atoms with van der Waals surface area (Å²) >= 11 is 0. The Morgan fingerprint density at radius 1 is 1.04 bits per heavy atom. The molecule has 0 saturated heterocycles. The summed E-state index contributed by atoms with van der Waals surface area (Å²) in [6, 6.07) is 15.1. The minimum atomic E-state index is -1.01. The van der Waals surface area contributed by atoms with Gasteiger partial charge in [0.25, 0.3) is 11.8 Å². The van der Waals surface area contributed by atoms with E-state index in [9.17, 15) is 19.5 Å². The first-order valence-electron chi connectivity index (χ1n) is 8.35. The van der Waals surface area contributed by atoms with Crippen molar-refractivity contribution in [2.75, 3.05) is 20.1 Å². The number of hydrogen-bond acceptors (Lipinski definition) is 3. The average Bonchev–Trinajstić information content (AvgIpc) is 2.67. The molecule has 0 heterocycles. The minimum Gasteiger partial charge on any atom is -0.481 e. The molecule has 2 N–H and O–H groups in total. The number of carbonyl (C=O) groups excluding carboxylic acids is 2. The maximum Gasteiger partial charge on any atom is 0.312 e. The molecule has 136 valence electrons. The second-order valence-electron chi connectivity index (χ2n) is 5.91. The van der Waals surface area contributed by atoms with Gasteiger partial charge in [-0.3, -0.25) is 14.4 Å². The van der Waals surface area contributed by atoms with Crippen LogP contribution in [-0.4, -0.2) is 47.9 Å². The molecule has 26 heavy (non-hydrogen) atoms. The van der Waals surface area contributed by atoms with Gasteiger partial charge in [0.1, 0.15) is 0 Å². The standard InChI is InChI=1S/C20H22N2O4/c1-3-22(2)19(24)16-11-7-10-15(12-16)18(23)21-13-17(20(25)26)14-8-5-4-6-9-14/h4-12,17H,3,13H2,1-2H3,(H,21,23)(H,25,26). The molecule has 0 aliphatic carbocycles. The Morgan fingerprint density at radius 3 is 2.31 bits per heavy atom. The van der Waals surface area contributed by atoms with Gasteiger partial charge in [-0.2, -0.15) is 0 Å². The second kappa shape index (κ2) is 8.80. The van der Waals surface area contributed by atoms with Crippen LogP contribution < -0.4 is 5.32 Å². The fourth-order valence-electron chi connectivity index (χ4n) is 2.49. The van der Waals surface area contributed by atoms with Crippen molar-refractivity contribution in [1.82, 2.24) is 10.2 Å². The van der Waals surface area contributed by atoms with Crippen LogP contribution in [-0.2, 0) is 4.79 Å². The van der Waals surface area contributed by atoms with Crippen molar-refractivity contribution in [3.05, 3.63) is 71.3 Å². The fourth-order valence-corrected chi connectivity index (χ4v) is 2.49. The van der Waals surface area contributed by atoms with Crippen LogP contribution in [0.5, 0.6) is 0 Å². The molecule has 2 amide bonds. The van der Waals surface area contributed by atoms with E-state index in [1.807, 2.05) is 6.92 Å². The Kier molecular flexibility index (Phi) is 6.49.